The molecule has 0 aliphatic rings. The third kappa shape index (κ3) is 3.71. The maximum Gasteiger partial charge on any atom is 0.241 e. The molecule has 0 aliphatic heterocycles. The Morgan fingerprint density at radius 3 is 2.50 bits per heavy atom. The third-order valence-electron chi connectivity index (χ3n) is 2.63. The number of rotatable bonds is 3. The molecule has 1 atom stereocenters. The van der Waals surface area contributed by atoms with Crippen LogP contribution in [0.1, 0.15) is 20.8 Å². The average Bonchev–Trinajstić information content (AvgIpc) is 2.27. The lowest BCUT2D eigenvalue weighted by atomic mass is 9.87. The van der Waals surface area contributed by atoms with Crippen LogP contribution in [0.2, 0.25) is 0 Å². The number of benzene rings is 1. The van der Waals surface area contributed by atoms with Gasteiger partial charge < -0.3 is 15.8 Å². The number of methoxy groups -OCH3 is 1. The van der Waals surface area contributed by atoms with Crippen molar-refractivity contribution < 1.29 is 9.53 Å². The molecule has 5 heteroatoms. The van der Waals surface area contributed by atoms with Gasteiger partial charge in [-0.3, -0.25) is 4.79 Å². The van der Waals surface area contributed by atoms with Gasteiger partial charge in [-0.1, -0.05) is 20.8 Å². The van der Waals surface area contributed by atoms with Crippen molar-refractivity contribution in [3.05, 3.63) is 22.7 Å². The van der Waals surface area contributed by atoms with Crippen LogP contribution in [0.5, 0.6) is 5.75 Å². The quantitative estimate of drug-likeness (QED) is 0.901. The van der Waals surface area contributed by atoms with Gasteiger partial charge in [0.1, 0.15) is 5.75 Å². The second-order valence-corrected chi connectivity index (χ2v) is 6.04. The molecule has 0 unspecified atom stereocenters. The van der Waals surface area contributed by atoms with Gasteiger partial charge in [0, 0.05) is 5.69 Å². The highest BCUT2D eigenvalue weighted by atomic mass is 79.9. The van der Waals surface area contributed by atoms with E-state index >= 15 is 0 Å². The zero-order valence-electron chi connectivity index (χ0n) is 11.1. The molecule has 1 rings (SSSR count). The van der Waals surface area contributed by atoms with Crippen LogP contribution in [0.25, 0.3) is 0 Å². The Hall–Kier alpha value is -1.07. The number of carbonyl (C=O) groups excluding carboxylic acids is 1. The summed E-state index contributed by atoms with van der Waals surface area (Å²) < 4.78 is 5.91. The highest BCUT2D eigenvalue weighted by Crippen LogP contribution is 2.28. The van der Waals surface area contributed by atoms with E-state index in [-0.39, 0.29) is 11.3 Å². The monoisotopic (exact) mass is 314 g/mol. The lowest BCUT2D eigenvalue weighted by Gasteiger charge is -2.25. The zero-order valence-corrected chi connectivity index (χ0v) is 12.7. The van der Waals surface area contributed by atoms with Crippen LogP contribution in [0.4, 0.5) is 5.69 Å². The molecule has 0 radical (unpaired) electrons. The molecule has 0 heterocycles. The first kappa shape index (κ1) is 15.0. The molecule has 1 amide bonds. The van der Waals surface area contributed by atoms with Crippen molar-refractivity contribution in [3.8, 4) is 5.75 Å². The number of hydrogen-bond acceptors (Lipinski definition) is 3. The van der Waals surface area contributed by atoms with Crippen molar-refractivity contribution in [1.29, 1.82) is 0 Å². The average molecular weight is 315 g/mol. The fourth-order valence-electron chi connectivity index (χ4n) is 1.36. The van der Waals surface area contributed by atoms with E-state index in [4.69, 9.17) is 10.5 Å². The molecule has 0 saturated heterocycles. The molecule has 0 aromatic heterocycles. The molecule has 1 aromatic carbocycles. The van der Waals surface area contributed by atoms with Crippen LogP contribution < -0.4 is 15.8 Å². The second-order valence-electron chi connectivity index (χ2n) is 5.18. The standard InChI is InChI=1S/C13H19BrN2O2/c1-13(2,3)11(15)12(17)16-8-5-6-10(18-4)9(14)7-8/h5-7,11H,15H2,1-4H3,(H,16,17)/t11-/m0/s1. The molecule has 18 heavy (non-hydrogen) atoms. The summed E-state index contributed by atoms with van der Waals surface area (Å²) in [5, 5.41) is 2.79. The van der Waals surface area contributed by atoms with Crippen LogP contribution in [0, 0.1) is 5.41 Å². The highest BCUT2D eigenvalue weighted by Gasteiger charge is 2.27. The maximum atomic E-state index is 11.9. The van der Waals surface area contributed by atoms with E-state index in [9.17, 15) is 4.79 Å². The summed E-state index contributed by atoms with van der Waals surface area (Å²) in [5.74, 6) is 0.521. The van der Waals surface area contributed by atoms with E-state index in [1.54, 1.807) is 25.3 Å². The third-order valence-corrected chi connectivity index (χ3v) is 3.25. The van der Waals surface area contributed by atoms with Crippen molar-refractivity contribution in [3.63, 3.8) is 0 Å². The smallest absolute Gasteiger partial charge is 0.241 e. The Labute approximate surface area is 116 Å². The lowest BCUT2D eigenvalue weighted by Crippen LogP contribution is -2.45. The van der Waals surface area contributed by atoms with Crippen LogP contribution >= 0.6 is 15.9 Å². The van der Waals surface area contributed by atoms with Crippen LogP contribution in [-0.4, -0.2) is 19.1 Å². The van der Waals surface area contributed by atoms with E-state index < -0.39 is 6.04 Å². The molecule has 100 valence electrons. The fourth-order valence-corrected chi connectivity index (χ4v) is 1.90. The molecule has 0 saturated carbocycles. The number of carbonyl (C=O) groups is 1. The van der Waals surface area contributed by atoms with E-state index in [1.807, 2.05) is 20.8 Å². The minimum Gasteiger partial charge on any atom is -0.496 e. The minimum atomic E-state index is -0.557. The molecule has 3 N–H and O–H groups in total. The van der Waals surface area contributed by atoms with E-state index in [0.29, 0.717) is 11.4 Å². The normalized spacial score (nSPS) is 13.0. The van der Waals surface area contributed by atoms with Gasteiger partial charge in [0.25, 0.3) is 0 Å². The SMILES string of the molecule is COc1ccc(NC(=O)[C@H](N)C(C)(C)C)cc1Br. The van der Waals surface area contributed by atoms with Crippen LogP contribution in [-0.2, 0) is 4.79 Å². The molecule has 0 bridgehead atoms. The van der Waals surface area contributed by atoms with Gasteiger partial charge in [-0.05, 0) is 39.5 Å². The molecule has 1 aromatic rings. The number of halogens is 1. The van der Waals surface area contributed by atoms with E-state index in [1.165, 1.54) is 0 Å². The summed E-state index contributed by atoms with van der Waals surface area (Å²) >= 11 is 3.37. The van der Waals surface area contributed by atoms with Gasteiger partial charge in [-0.25, -0.2) is 0 Å². The Morgan fingerprint density at radius 2 is 2.06 bits per heavy atom. The topological polar surface area (TPSA) is 64.3 Å². The molecule has 0 aliphatic carbocycles. The van der Waals surface area contributed by atoms with Gasteiger partial charge in [-0.2, -0.15) is 0 Å². The van der Waals surface area contributed by atoms with Gasteiger partial charge in [-0.15, -0.1) is 0 Å². The molecule has 0 spiro atoms. The predicted octanol–water partition coefficient (Wildman–Crippen LogP) is 2.77. The summed E-state index contributed by atoms with van der Waals surface area (Å²) in [7, 11) is 1.59. The minimum absolute atomic E-state index is 0.195. The molecule has 4 nitrogen and oxygen atoms in total. The van der Waals surface area contributed by atoms with E-state index in [2.05, 4.69) is 21.2 Å². The van der Waals surface area contributed by atoms with Crippen molar-refractivity contribution in [2.45, 2.75) is 26.8 Å². The van der Waals surface area contributed by atoms with Gasteiger partial charge in [0.05, 0.1) is 17.6 Å². The molecular formula is C13H19BrN2O2. The Kier molecular flexibility index (Phi) is 4.76. The first-order valence-corrected chi connectivity index (χ1v) is 6.45. The van der Waals surface area contributed by atoms with Crippen molar-refractivity contribution in [2.75, 3.05) is 12.4 Å². The lowest BCUT2D eigenvalue weighted by molar-refractivity contribution is -0.119. The first-order chi connectivity index (χ1) is 8.25. The number of amides is 1. The summed E-state index contributed by atoms with van der Waals surface area (Å²) in [6.07, 6.45) is 0. The first-order valence-electron chi connectivity index (χ1n) is 5.65. The van der Waals surface area contributed by atoms with Crippen LogP contribution in [0.3, 0.4) is 0 Å². The summed E-state index contributed by atoms with van der Waals surface area (Å²) in [5.41, 5.74) is 6.31. The Bertz CT molecular complexity index is 441. The maximum absolute atomic E-state index is 11.9. The number of nitrogens with one attached hydrogen (secondary N) is 1. The van der Waals surface area contributed by atoms with Gasteiger partial charge in [0.15, 0.2) is 0 Å². The van der Waals surface area contributed by atoms with Crippen LogP contribution in [0.15, 0.2) is 22.7 Å². The largest absolute Gasteiger partial charge is 0.496 e. The van der Waals surface area contributed by atoms with Gasteiger partial charge >= 0.3 is 0 Å². The van der Waals surface area contributed by atoms with Crippen molar-refractivity contribution >= 4 is 27.5 Å². The highest BCUT2D eigenvalue weighted by molar-refractivity contribution is 9.10. The second kappa shape index (κ2) is 5.71. The summed E-state index contributed by atoms with van der Waals surface area (Å²) in [4.78, 5) is 11.9. The Balaban J connectivity index is 2.80. The zero-order chi connectivity index (χ0) is 13.9. The number of nitrogens with two attached hydrogens (primary N) is 1. The van der Waals surface area contributed by atoms with E-state index in [0.717, 1.165) is 4.47 Å². The summed E-state index contributed by atoms with van der Waals surface area (Å²) in [6.45, 7) is 5.80. The predicted molar refractivity (Wildman–Crippen MR) is 76.8 cm³/mol. The van der Waals surface area contributed by atoms with Crippen molar-refractivity contribution in [1.82, 2.24) is 0 Å². The number of anilines is 1. The van der Waals surface area contributed by atoms with Gasteiger partial charge in [0.2, 0.25) is 5.91 Å². The summed E-state index contributed by atoms with van der Waals surface area (Å²) in [6, 6.07) is 4.78. The molecule has 0 fully saturated rings. The number of hydrogen-bond donors (Lipinski definition) is 2. The fraction of sp³-hybridized carbons (Fsp3) is 0.462. The van der Waals surface area contributed by atoms with Crippen molar-refractivity contribution in [2.24, 2.45) is 11.1 Å². The Morgan fingerprint density at radius 1 is 1.44 bits per heavy atom. The number of ether oxygens (including phenoxy) is 1. The molecular weight excluding hydrogens is 296 g/mol.